The lowest BCUT2D eigenvalue weighted by atomic mass is 9.97. The topological polar surface area (TPSA) is 106 Å². The summed E-state index contributed by atoms with van der Waals surface area (Å²) in [7, 11) is 1.07. The molecule has 0 spiro atoms. The van der Waals surface area contributed by atoms with Gasteiger partial charge in [0, 0.05) is 22.7 Å². The van der Waals surface area contributed by atoms with E-state index in [2.05, 4.69) is 5.32 Å². The molecule has 1 amide bonds. The van der Waals surface area contributed by atoms with Gasteiger partial charge in [0.2, 0.25) is 5.91 Å². The summed E-state index contributed by atoms with van der Waals surface area (Å²) in [6.45, 7) is 5.40. The summed E-state index contributed by atoms with van der Waals surface area (Å²) < 4.78 is 22.4. The minimum atomic E-state index is -4.08. The van der Waals surface area contributed by atoms with Gasteiger partial charge in [-0.25, -0.2) is 8.42 Å². The number of rotatable bonds is 5. The monoisotopic (exact) mass is 334 g/mol. The lowest BCUT2D eigenvalue weighted by molar-refractivity contribution is -0.384. The normalized spacial score (nSPS) is 13.0. The van der Waals surface area contributed by atoms with Gasteiger partial charge in [0.25, 0.3) is 14.7 Å². The van der Waals surface area contributed by atoms with E-state index >= 15 is 0 Å². The van der Waals surface area contributed by atoms with Gasteiger partial charge in [0.1, 0.15) is 5.69 Å². The number of nitrogens with zero attached hydrogens (tertiary/aromatic N) is 1. The van der Waals surface area contributed by atoms with Gasteiger partial charge in [0.15, 0.2) is 0 Å². The first-order chi connectivity index (χ1) is 9.54. The Morgan fingerprint density at radius 3 is 2.33 bits per heavy atom. The van der Waals surface area contributed by atoms with Crippen molar-refractivity contribution in [1.29, 1.82) is 0 Å². The molecule has 0 aliphatic rings. The first kappa shape index (κ1) is 17.4. The minimum absolute atomic E-state index is 0.0616. The summed E-state index contributed by atoms with van der Waals surface area (Å²) in [6, 6.07) is 3.07. The largest absolute Gasteiger partial charge is 0.320 e. The predicted octanol–water partition coefficient (Wildman–Crippen LogP) is 2.75. The number of carbonyl (C=O) groups excluding carboxylic acids is 1. The summed E-state index contributed by atoms with van der Waals surface area (Å²) in [5, 5.41) is 13.4. The second-order valence-corrected chi connectivity index (χ2v) is 7.46. The van der Waals surface area contributed by atoms with Crippen LogP contribution in [-0.4, -0.2) is 19.2 Å². The molecule has 116 valence electrons. The van der Waals surface area contributed by atoms with E-state index in [9.17, 15) is 23.3 Å². The second kappa shape index (κ2) is 6.40. The Kier molecular flexibility index (Phi) is 5.30. The summed E-state index contributed by atoms with van der Waals surface area (Å²) in [4.78, 5) is 21.8. The minimum Gasteiger partial charge on any atom is -0.320 e. The molecule has 0 fully saturated rings. The number of nitrogens with one attached hydrogen (secondary N) is 1. The first-order valence-corrected chi connectivity index (χ1v) is 8.39. The van der Waals surface area contributed by atoms with Crippen LogP contribution in [0.1, 0.15) is 20.8 Å². The van der Waals surface area contributed by atoms with Crippen molar-refractivity contribution in [2.75, 3.05) is 5.32 Å². The molecule has 0 radical (unpaired) electrons. The van der Waals surface area contributed by atoms with Crippen LogP contribution in [-0.2, 0) is 13.8 Å². The molecule has 1 unspecified atom stereocenters. The molecule has 0 aromatic heterocycles. The third-order valence-electron chi connectivity index (χ3n) is 3.12. The number of carbonyl (C=O) groups is 1. The van der Waals surface area contributed by atoms with Crippen LogP contribution in [0.3, 0.4) is 0 Å². The molecular weight excluding hydrogens is 320 g/mol. The van der Waals surface area contributed by atoms with Crippen LogP contribution >= 0.6 is 10.7 Å². The highest BCUT2D eigenvalue weighted by molar-refractivity contribution is 8.13. The van der Waals surface area contributed by atoms with Gasteiger partial charge in [0.05, 0.1) is 9.82 Å². The second-order valence-electron chi connectivity index (χ2n) is 4.90. The number of amides is 1. The molecule has 7 nitrogen and oxygen atoms in total. The number of nitro groups is 1. The summed E-state index contributed by atoms with van der Waals surface area (Å²) in [6.07, 6.45) is 0. The number of hydrogen-bond donors (Lipinski definition) is 1. The van der Waals surface area contributed by atoms with Crippen molar-refractivity contribution in [3.05, 3.63) is 28.3 Å². The molecule has 1 N–H and O–H groups in total. The molecule has 0 aliphatic carbocycles. The average Bonchev–Trinajstić information content (AvgIpc) is 2.36. The zero-order valence-electron chi connectivity index (χ0n) is 11.7. The van der Waals surface area contributed by atoms with Crippen LogP contribution in [0.4, 0.5) is 11.4 Å². The number of benzene rings is 1. The third-order valence-corrected chi connectivity index (χ3v) is 4.47. The van der Waals surface area contributed by atoms with E-state index in [1.807, 2.05) is 13.8 Å². The maximum atomic E-state index is 11.9. The van der Waals surface area contributed by atoms with Crippen molar-refractivity contribution in [3.8, 4) is 0 Å². The van der Waals surface area contributed by atoms with Gasteiger partial charge >= 0.3 is 0 Å². The number of nitro benzene ring substituents is 1. The van der Waals surface area contributed by atoms with Gasteiger partial charge in [-0.3, -0.25) is 14.9 Å². The van der Waals surface area contributed by atoms with Crippen LogP contribution in [0.2, 0.25) is 0 Å². The Bertz CT molecular complexity index is 672. The fourth-order valence-electron chi connectivity index (χ4n) is 1.47. The molecule has 9 heteroatoms. The van der Waals surface area contributed by atoms with E-state index in [1.165, 1.54) is 0 Å². The zero-order chi connectivity index (χ0) is 16.4. The van der Waals surface area contributed by atoms with E-state index in [0.29, 0.717) is 0 Å². The smallest absolute Gasteiger partial charge is 0.294 e. The van der Waals surface area contributed by atoms with Gasteiger partial charge in [-0.2, -0.15) is 0 Å². The van der Waals surface area contributed by atoms with Crippen molar-refractivity contribution in [3.63, 3.8) is 0 Å². The van der Waals surface area contributed by atoms with Crippen LogP contribution in [0, 0.1) is 22.0 Å². The average molecular weight is 335 g/mol. The van der Waals surface area contributed by atoms with Crippen LogP contribution in [0.15, 0.2) is 23.1 Å². The Morgan fingerprint density at radius 2 is 1.90 bits per heavy atom. The predicted molar refractivity (Wildman–Crippen MR) is 78.8 cm³/mol. The lowest BCUT2D eigenvalue weighted by Gasteiger charge is -2.15. The van der Waals surface area contributed by atoms with Crippen molar-refractivity contribution in [2.45, 2.75) is 25.7 Å². The van der Waals surface area contributed by atoms with Crippen LogP contribution in [0.25, 0.3) is 0 Å². The summed E-state index contributed by atoms with van der Waals surface area (Å²) >= 11 is 0. The fraction of sp³-hybridized carbons (Fsp3) is 0.417. The van der Waals surface area contributed by atoms with E-state index in [1.54, 1.807) is 6.92 Å². The highest BCUT2D eigenvalue weighted by Crippen LogP contribution is 2.29. The number of hydrogen-bond acceptors (Lipinski definition) is 5. The maximum absolute atomic E-state index is 11.9. The molecule has 0 saturated heterocycles. The van der Waals surface area contributed by atoms with Gasteiger partial charge < -0.3 is 5.32 Å². The van der Waals surface area contributed by atoms with Crippen molar-refractivity contribution in [1.82, 2.24) is 0 Å². The van der Waals surface area contributed by atoms with E-state index in [4.69, 9.17) is 10.7 Å². The Hall–Kier alpha value is -1.67. The van der Waals surface area contributed by atoms with Gasteiger partial charge in [-0.05, 0) is 18.1 Å². The molecule has 0 heterocycles. The maximum Gasteiger partial charge on any atom is 0.294 e. The number of anilines is 1. The van der Waals surface area contributed by atoms with Gasteiger partial charge in [-0.1, -0.05) is 20.8 Å². The highest BCUT2D eigenvalue weighted by atomic mass is 35.7. The van der Waals surface area contributed by atoms with E-state index < -0.39 is 24.6 Å². The molecule has 0 saturated carbocycles. The fourth-order valence-corrected chi connectivity index (χ4v) is 2.24. The third kappa shape index (κ3) is 4.40. The molecule has 1 rings (SSSR count). The molecule has 1 atom stereocenters. The molecule has 1 aromatic rings. The van der Waals surface area contributed by atoms with Crippen molar-refractivity contribution >= 4 is 37.0 Å². The summed E-state index contributed by atoms with van der Waals surface area (Å²) in [5.41, 5.74) is -0.595. The zero-order valence-corrected chi connectivity index (χ0v) is 13.2. The van der Waals surface area contributed by atoms with Crippen molar-refractivity contribution < 1.29 is 18.1 Å². The molecule has 0 aliphatic heterocycles. The first-order valence-electron chi connectivity index (χ1n) is 6.08. The molecule has 0 bridgehead atoms. The van der Waals surface area contributed by atoms with E-state index in [-0.39, 0.29) is 23.4 Å². The van der Waals surface area contributed by atoms with Crippen LogP contribution in [0.5, 0.6) is 0 Å². The standard InChI is InChI=1S/C12H15ClN2O5S/c1-7(2)8(3)12(16)14-10-5-4-9(21(13,19)20)6-11(10)15(17)18/h4-8H,1-3H3,(H,14,16). The summed E-state index contributed by atoms with van der Waals surface area (Å²) in [5.74, 6) is -0.665. The Balaban J connectivity index is 3.20. The van der Waals surface area contributed by atoms with E-state index in [0.717, 1.165) is 18.2 Å². The Labute approximate surface area is 126 Å². The highest BCUT2D eigenvalue weighted by Gasteiger charge is 2.23. The van der Waals surface area contributed by atoms with Crippen molar-refractivity contribution in [2.24, 2.45) is 11.8 Å². The Morgan fingerprint density at radius 1 is 1.33 bits per heavy atom. The molecular formula is C12H15ClN2O5S. The number of halogens is 1. The molecule has 1 aromatic carbocycles. The van der Waals surface area contributed by atoms with Gasteiger partial charge in [-0.15, -0.1) is 0 Å². The quantitative estimate of drug-likeness (QED) is 0.506. The molecule has 21 heavy (non-hydrogen) atoms. The SMILES string of the molecule is CC(C)C(C)C(=O)Nc1ccc(S(=O)(=O)Cl)cc1[N+](=O)[O-]. The lowest BCUT2D eigenvalue weighted by Crippen LogP contribution is -2.24. The van der Waals surface area contributed by atoms with Crippen LogP contribution < -0.4 is 5.32 Å².